The molecule has 3 nitrogen and oxygen atoms in total. The van der Waals surface area contributed by atoms with Gasteiger partial charge < -0.3 is 9.47 Å². The minimum atomic E-state index is 0.597. The molecule has 0 spiro atoms. The Morgan fingerprint density at radius 1 is 1.27 bits per heavy atom. The maximum atomic E-state index is 9.68. The molecule has 0 aliphatic carbocycles. The smallest absolute Gasteiger partial charge is 0.161 e. The number of benzene rings is 1. The van der Waals surface area contributed by atoms with E-state index in [1.165, 1.54) is 0 Å². The van der Waals surface area contributed by atoms with Crippen molar-refractivity contribution >= 4 is 49.5 Å². The second-order valence-corrected chi connectivity index (χ2v) is 6.80. The summed E-state index contributed by atoms with van der Waals surface area (Å²) in [6.45, 7) is 0. The Bertz CT molecular complexity index is 733. The lowest BCUT2D eigenvalue weighted by Crippen LogP contribution is -1.94. The first kappa shape index (κ1) is 16.9. The second-order valence-electron chi connectivity index (χ2n) is 4.18. The van der Waals surface area contributed by atoms with Gasteiger partial charge in [-0.2, -0.15) is 5.26 Å². The van der Waals surface area contributed by atoms with Gasteiger partial charge >= 0.3 is 0 Å². The van der Waals surface area contributed by atoms with Crippen LogP contribution in [0.5, 0.6) is 11.5 Å². The van der Waals surface area contributed by atoms with Crippen molar-refractivity contribution in [3.63, 3.8) is 0 Å². The van der Waals surface area contributed by atoms with Crippen LogP contribution in [-0.2, 0) is 0 Å². The van der Waals surface area contributed by atoms with Gasteiger partial charge in [-0.15, -0.1) is 23.1 Å². The average molecular weight is 396 g/mol. The van der Waals surface area contributed by atoms with Crippen LogP contribution in [-0.4, -0.2) is 20.5 Å². The molecule has 0 amide bonds. The maximum Gasteiger partial charge on any atom is 0.161 e. The van der Waals surface area contributed by atoms with Crippen LogP contribution in [0.1, 0.15) is 10.4 Å². The third-order valence-electron chi connectivity index (χ3n) is 3.03. The number of allylic oxidation sites excluding steroid dienone is 1. The number of thiophene rings is 1. The number of rotatable bonds is 5. The molecule has 0 radical (unpaired) electrons. The van der Waals surface area contributed by atoms with Crippen molar-refractivity contribution in [3.05, 3.63) is 44.6 Å². The molecule has 2 aromatic rings. The molecule has 0 saturated carbocycles. The highest BCUT2D eigenvalue weighted by Gasteiger charge is 2.17. The Balaban J connectivity index is 2.69. The SMILES string of the molecule is COc1cc(Br)c(/C(C#N)=C(/SC)c2cccs2)cc1OC. The number of hydrogen-bond donors (Lipinski definition) is 0. The molecule has 0 aliphatic heterocycles. The molecule has 0 aliphatic rings. The molecule has 0 atom stereocenters. The van der Waals surface area contributed by atoms with Crippen LogP contribution >= 0.6 is 39.0 Å². The molecule has 0 N–H and O–H groups in total. The highest BCUT2D eigenvalue weighted by atomic mass is 79.9. The number of nitriles is 1. The van der Waals surface area contributed by atoms with E-state index < -0.39 is 0 Å². The van der Waals surface area contributed by atoms with Crippen LogP contribution in [0.15, 0.2) is 34.1 Å². The number of halogens is 1. The molecular weight excluding hydrogens is 382 g/mol. The quantitative estimate of drug-likeness (QED) is 0.645. The summed E-state index contributed by atoms with van der Waals surface area (Å²) in [5, 5.41) is 11.7. The monoisotopic (exact) mass is 395 g/mol. The van der Waals surface area contributed by atoms with E-state index in [1.807, 2.05) is 35.9 Å². The number of thioether (sulfide) groups is 1. The first-order valence-electron chi connectivity index (χ1n) is 6.30. The van der Waals surface area contributed by atoms with Crippen LogP contribution in [0.3, 0.4) is 0 Å². The lowest BCUT2D eigenvalue weighted by molar-refractivity contribution is 0.354. The van der Waals surface area contributed by atoms with E-state index >= 15 is 0 Å². The van der Waals surface area contributed by atoms with Crippen molar-refractivity contribution < 1.29 is 9.47 Å². The van der Waals surface area contributed by atoms with E-state index in [1.54, 1.807) is 37.3 Å². The Morgan fingerprint density at radius 3 is 2.45 bits per heavy atom. The molecule has 1 heterocycles. The van der Waals surface area contributed by atoms with Gasteiger partial charge in [0.25, 0.3) is 0 Å². The van der Waals surface area contributed by atoms with E-state index in [0.717, 1.165) is 19.8 Å². The van der Waals surface area contributed by atoms with E-state index in [-0.39, 0.29) is 0 Å². The summed E-state index contributed by atoms with van der Waals surface area (Å²) in [4.78, 5) is 2.02. The summed E-state index contributed by atoms with van der Waals surface area (Å²) >= 11 is 6.71. The summed E-state index contributed by atoms with van der Waals surface area (Å²) < 4.78 is 11.4. The maximum absolute atomic E-state index is 9.68. The van der Waals surface area contributed by atoms with Gasteiger partial charge in [-0.3, -0.25) is 0 Å². The minimum Gasteiger partial charge on any atom is -0.493 e. The summed E-state index contributed by atoms with van der Waals surface area (Å²) in [6, 6.07) is 9.97. The van der Waals surface area contributed by atoms with E-state index in [0.29, 0.717) is 17.1 Å². The molecule has 22 heavy (non-hydrogen) atoms. The predicted octanol–water partition coefficient (Wildman–Crippen LogP) is 5.28. The molecule has 0 bridgehead atoms. The van der Waals surface area contributed by atoms with E-state index in [4.69, 9.17) is 9.47 Å². The average Bonchev–Trinajstić information content (AvgIpc) is 3.06. The molecular formula is C16H14BrNO2S2. The molecule has 1 aromatic heterocycles. The fourth-order valence-electron chi connectivity index (χ4n) is 2.01. The van der Waals surface area contributed by atoms with Crippen LogP contribution in [0.2, 0.25) is 0 Å². The van der Waals surface area contributed by atoms with Crippen molar-refractivity contribution in [2.45, 2.75) is 0 Å². The van der Waals surface area contributed by atoms with Gasteiger partial charge in [-0.1, -0.05) is 6.07 Å². The van der Waals surface area contributed by atoms with Gasteiger partial charge in [0.15, 0.2) is 11.5 Å². The zero-order valence-electron chi connectivity index (χ0n) is 12.3. The molecule has 0 saturated heterocycles. The standard InChI is InChI=1S/C16H14BrNO2S2/c1-19-13-7-10(12(17)8-14(13)20-2)11(9-18)16(21-3)15-5-4-6-22-15/h4-8H,1-3H3/b16-11+. The Labute approximate surface area is 146 Å². The van der Waals surface area contributed by atoms with Gasteiger partial charge in [0.05, 0.1) is 19.8 Å². The van der Waals surface area contributed by atoms with Gasteiger partial charge in [0.1, 0.15) is 6.07 Å². The third-order valence-corrected chi connectivity index (χ3v) is 5.54. The summed E-state index contributed by atoms with van der Waals surface area (Å²) in [5.41, 5.74) is 1.40. The highest BCUT2D eigenvalue weighted by Crippen LogP contribution is 2.41. The summed E-state index contributed by atoms with van der Waals surface area (Å²) in [7, 11) is 3.17. The molecule has 2 rings (SSSR count). The number of nitrogens with zero attached hydrogens (tertiary/aromatic N) is 1. The van der Waals surface area contributed by atoms with Crippen molar-refractivity contribution in [3.8, 4) is 17.6 Å². The Morgan fingerprint density at radius 2 is 1.95 bits per heavy atom. The normalized spacial score (nSPS) is 11.6. The summed E-state index contributed by atoms with van der Waals surface area (Å²) in [6.07, 6.45) is 1.97. The zero-order chi connectivity index (χ0) is 16.1. The second kappa shape index (κ2) is 7.73. The van der Waals surface area contributed by atoms with Crippen molar-refractivity contribution in [2.75, 3.05) is 20.5 Å². The third kappa shape index (κ3) is 3.32. The lowest BCUT2D eigenvalue weighted by atomic mass is 10.1. The first-order chi connectivity index (χ1) is 10.7. The molecule has 0 fully saturated rings. The van der Waals surface area contributed by atoms with Gasteiger partial charge in [-0.05, 0) is 45.8 Å². The first-order valence-corrected chi connectivity index (χ1v) is 9.20. The molecule has 1 aromatic carbocycles. The van der Waals surface area contributed by atoms with Crippen LogP contribution in [0.4, 0.5) is 0 Å². The van der Waals surface area contributed by atoms with Crippen molar-refractivity contribution in [1.29, 1.82) is 5.26 Å². The Kier molecular flexibility index (Phi) is 5.95. The summed E-state index contributed by atoms with van der Waals surface area (Å²) in [5.74, 6) is 1.22. The number of methoxy groups -OCH3 is 2. The van der Waals surface area contributed by atoms with Crippen molar-refractivity contribution in [1.82, 2.24) is 0 Å². The van der Waals surface area contributed by atoms with Gasteiger partial charge in [-0.25, -0.2) is 0 Å². The zero-order valence-corrected chi connectivity index (χ0v) is 15.6. The van der Waals surface area contributed by atoms with E-state index in [2.05, 4.69) is 22.0 Å². The highest BCUT2D eigenvalue weighted by molar-refractivity contribution is 9.10. The van der Waals surface area contributed by atoms with Gasteiger partial charge in [0.2, 0.25) is 0 Å². The lowest BCUT2D eigenvalue weighted by Gasteiger charge is -2.13. The number of hydrogen-bond acceptors (Lipinski definition) is 5. The van der Waals surface area contributed by atoms with Gasteiger partial charge in [0, 0.05) is 19.8 Å². The van der Waals surface area contributed by atoms with Crippen LogP contribution in [0, 0.1) is 11.3 Å². The van der Waals surface area contributed by atoms with E-state index in [9.17, 15) is 5.26 Å². The molecule has 114 valence electrons. The predicted molar refractivity (Wildman–Crippen MR) is 97.5 cm³/mol. The Hall–Kier alpha value is -1.42. The van der Waals surface area contributed by atoms with Crippen LogP contribution in [0.25, 0.3) is 10.5 Å². The number of ether oxygens (including phenoxy) is 2. The molecule has 6 heteroatoms. The largest absolute Gasteiger partial charge is 0.493 e. The van der Waals surface area contributed by atoms with Crippen molar-refractivity contribution in [2.24, 2.45) is 0 Å². The topological polar surface area (TPSA) is 42.2 Å². The fraction of sp³-hybridized carbons (Fsp3) is 0.188. The fourth-order valence-corrected chi connectivity index (χ4v) is 4.23. The minimum absolute atomic E-state index is 0.597. The van der Waals surface area contributed by atoms with Crippen LogP contribution < -0.4 is 9.47 Å². The molecule has 0 unspecified atom stereocenters.